The van der Waals surface area contributed by atoms with Gasteiger partial charge in [0.15, 0.2) is 0 Å². The van der Waals surface area contributed by atoms with E-state index < -0.39 is 29.3 Å². The zero-order chi connectivity index (χ0) is 26.0. The molecule has 1 aromatic carbocycles. The van der Waals surface area contributed by atoms with E-state index in [0.717, 1.165) is 5.56 Å². The molecule has 3 rings (SSSR count). The van der Waals surface area contributed by atoms with E-state index in [-0.39, 0.29) is 57.5 Å². The molecule has 1 spiro atoms. The van der Waals surface area contributed by atoms with Crippen LogP contribution in [0.25, 0.3) is 0 Å². The molecule has 1 atom stereocenters. The predicted octanol–water partition coefficient (Wildman–Crippen LogP) is -1.24. The Kier molecular flexibility index (Phi) is 10.0. The number of carbonyl (C=O) groups is 4. The topological polar surface area (TPSA) is 172 Å². The number of nitrogens with two attached hydrogens (primary N) is 1. The molecule has 0 saturated carbocycles. The molecule has 2 fully saturated rings. The summed E-state index contributed by atoms with van der Waals surface area (Å²) in [4.78, 5) is 51.8. The van der Waals surface area contributed by atoms with Crippen molar-refractivity contribution in [2.45, 2.75) is 43.8 Å². The third-order valence-electron chi connectivity index (χ3n) is 6.34. The van der Waals surface area contributed by atoms with Crippen molar-refractivity contribution in [2.24, 2.45) is 5.73 Å². The van der Waals surface area contributed by atoms with E-state index in [4.69, 9.17) is 15.2 Å². The summed E-state index contributed by atoms with van der Waals surface area (Å²) in [6, 6.07) is 5.93. The lowest BCUT2D eigenvalue weighted by Gasteiger charge is -2.42. The first kappa shape index (κ1) is 27.4. The highest BCUT2D eigenvalue weighted by Gasteiger charge is 2.39. The average Bonchev–Trinajstić information content (AvgIpc) is 2.82. The number of ether oxygens (including phenoxy) is 2. The average molecular weight is 506 g/mol. The zero-order valence-electron chi connectivity index (χ0n) is 20.3. The van der Waals surface area contributed by atoms with Gasteiger partial charge in [-0.3, -0.25) is 24.1 Å². The fourth-order valence-electron chi connectivity index (χ4n) is 4.38. The van der Waals surface area contributed by atoms with Crippen molar-refractivity contribution in [2.75, 3.05) is 46.1 Å². The maximum Gasteiger partial charge on any atom is 0.246 e. The Morgan fingerprint density at radius 2 is 1.78 bits per heavy atom. The lowest BCUT2D eigenvalue weighted by atomic mass is 9.83. The number of likely N-dealkylation sites (tertiary alicyclic amines) is 1. The molecule has 4 amide bonds. The van der Waals surface area contributed by atoms with Gasteiger partial charge in [-0.2, -0.15) is 0 Å². The quantitative estimate of drug-likeness (QED) is 0.339. The Morgan fingerprint density at radius 1 is 1.06 bits per heavy atom. The van der Waals surface area contributed by atoms with Crippen LogP contribution in [0.5, 0.6) is 5.75 Å². The van der Waals surface area contributed by atoms with Gasteiger partial charge in [0.2, 0.25) is 23.6 Å². The maximum absolute atomic E-state index is 12.9. The number of phenolic OH excluding ortho intramolecular Hbond substituents is 1. The number of phenols is 1. The van der Waals surface area contributed by atoms with E-state index in [9.17, 15) is 24.3 Å². The standard InChI is InChI=1S/C24H35N5O7/c25-23(34)18-13-20(31)26-7-10-35-11-12-36-16-22(33)28-24(14-21(32)27-18)5-8-29(9-6-24)15-17-3-1-2-4-19(17)30/h1-4,18,30H,5-16H2,(H2,25,34)(H,26,31)(H,27,32)(H,28,33). The lowest BCUT2D eigenvalue weighted by molar-refractivity contribution is -0.132. The van der Waals surface area contributed by atoms with Crippen molar-refractivity contribution in [1.29, 1.82) is 0 Å². The van der Waals surface area contributed by atoms with E-state index in [1.807, 2.05) is 12.1 Å². The Balaban J connectivity index is 1.70. The van der Waals surface area contributed by atoms with Gasteiger partial charge >= 0.3 is 0 Å². The van der Waals surface area contributed by atoms with Gasteiger partial charge in [0.05, 0.1) is 31.8 Å². The van der Waals surface area contributed by atoms with Gasteiger partial charge in [-0.25, -0.2) is 0 Å². The number of aromatic hydroxyl groups is 1. The Hall–Kier alpha value is -3.22. The van der Waals surface area contributed by atoms with Crippen molar-refractivity contribution in [1.82, 2.24) is 20.9 Å². The van der Waals surface area contributed by atoms with E-state index in [2.05, 4.69) is 20.9 Å². The number of nitrogens with zero attached hydrogens (tertiary/aromatic N) is 1. The minimum Gasteiger partial charge on any atom is -0.508 e. The van der Waals surface area contributed by atoms with E-state index in [1.165, 1.54) is 0 Å². The fourth-order valence-corrected chi connectivity index (χ4v) is 4.38. The van der Waals surface area contributed by atoms with Crippen LogP contribution in [-0.4, -0.2) is 91.3 Å². The van der Waals surface area contributed by atoms with Crippen LogP contribution in [0.2, 0.25) is 0 Å². The monoisotopic (exact) mass is 505 g/mol. The van der Waals surface area contributed by atoms with Crippen LogP contribution in [0.15, 0.2) is 24.3 Å². The molecular weight excluding hydrogens is 470 g/mol. The highest BCUT2D eigenvalue weighted by molar-refractivity contribution is 5.91. The molecule has 12 nitrogen and oxygen atoms in total. The molecule has 0 radical (unpaired) electrons. The van der Waals surface area contributed by atoms with Gasteiger partial charge in [-0.1, -0.05) is 18.2 Å². The van der Waals surface area contributed by atoms with E-state index >= 15 is 0 Å². The molecule has 2 aliphatic rings. The minimum atomic E-state index is -1.17. The van der Waals surface area contributed by atoms with Crippen LogP contribution in [0.1, 0.15) is 31.2 Å². The summed E-state index contributed by atoms with van der Waals surface area (Å²) in [6.07, 6.45) is 0.546. The van der Waals surface area contributed by atoms with Crippen LogP contribution in [-0.2, 0) is 35.2 Å². The maximum atomic E-state index is 12.9. The third kappa shape index (κ3) is 8.47. The van der Waals surface area contributed by atoms with Gasteiger partial charge in [0, 0.05) is 38.2 Å². The summed E-state index contributed by atoms with van der Waals surface area (Å²) in [7, 11) is 0. The van der Waals surface area contributed by atoms with Gasteiger partial charge in [0.25, 0.3) is 0 Å². The molecule has 12 heteroatoms. The number of nitrogens with one attached hydrogen (secondary N) is 3. The minimum absolute atomic E-state index is 0.0856. The third-order valence-corrected chi connectivity index (χ3v) is 6.34. The molecule has 1 aromatic rings. The van der Waals surface area contributed by atoms with Gasteiger partial charge in [0.1, 0.15) is 18.4 Å². The summed E-state index contributed by atoms with van der Waals surface area (Å²) in [5, 5.41) is 18.2. The number of piperidine rings is 1. The number of amides is 4. The second-order valence-corrected chi connectivity index (χ2v) is 9.15. The van der Waals surface area contributed by atoms with Crippen LogP contribution in [0.4, 0.5) is 0 Å². The number of carbonyl (C=O) groups excluding carboxylic acids is 4. The fraction of sp³-hybridized carbons (Fsp3) is 0.583. The van der Waals surface area contributed by atoms with Crippen LogP contribution in [0.3, 0.4) is 0 Å². The SMILES string of the molecule is NC(=O)C1CC(=O)NCCOCCOCC(=O)NC2(CCN(Cc3ccccc3O)CC2)CC(=O)N1. The highest BCUT2D eigenvalue weighted by atomic mass is 16.5. The van der Waals surface area contributed by atoms with Gasteiger partial charge in [-0.15, -0.1) is 0 Å². The molecular formula is C24H35N5O7. The number of rotatable bonds is 3. The van der Waals surface area contributed by atoms with Gasteiger partial charge in [-0.05, 0) is 18.9 Å². The normalized spacial score (nSPS) is 23.2. The van der Waals surface area contributed by atoms with Gasteiger partial charge < -0.3 is 36.3 Å². The molecule has 2 aliphatic heterocycles. The highest BCUT2D eigenvalue weighted by Crippen LogP contribution is 2.28. The van der Waals surface area contributed by atoms with Crippen molar-refractivity contribution < 1.29 is 33.8 Å². The van der Waals surface area contributed by atoms with Crippen LogP contribution >= 0.6 is 0 Å². The predicted molar refractivity (Wildman–Crippen MR) is 128 cm³/mol. The molecule has 6 N–H and O–H groups in total. The van der Waals surface area contributed by atoms with Crippen molar-refractivity contribution in [3.05, 3.63) is 29.8 Å². The first-order valence-corrected chi connectivity index (χ1v) is 12.1. The number of hydrogen-bond acceptors (Lipinski definition) is 8. The zero-order valence-corrected chi connectivity index (χ0v) is 20.3. The molecule has 198 valence electrons. The van der Waals surface area contributed by atoms with Crippen LogP contribution in [0, 0.1) is 0 Å². The second-order valence-electron chi connectivity index (χ2n) is 9.15. The molecule has 36 heavy (non-hydrogen) atoms. The Bertz CT molecular complexity index is 933. The molecule has 1 unspecified atom stereocenters. The number of hydrogen-bond donors (Lipinski definition) is 5. The first-order valence-electron chi connectivity index (χ1n) is 12.1. The summed E-state index contributed by atoms with van der Waals surface area (Å²) in [5.74, 6) is -1.90. The number of primary amides is 1. The van der Waals surface area contributed by atoms with Crippen molar-refractivity contribution in [3.63, 3.8) is 0 Å². The lowest BCUT2D eigenvalue weighted by Crippen LogP contribution is -2.58. The smallest absolute Gasteiger partial charge is 0.246 e. The molecule has 0 aromatic heterocycles. The van der Waals surface area contributed by atoms with Crippen molar-refractivity contribution >= 4 is 23.6 Å². The Morgan fingerprint density at radius 3 is 2.50 bits per heavy atom. The number of benzene rings is 1. The van der Waals surface area contributed by atoms with E-state index in [1.54, 1.807) is 12.1 Å². The summed E-state index contributed by atoms with van der Waals surface area (Å²) in [5.41, 5.74) is 5.35. The van der Waals surface area contributed by atoms with Crippen LogP contribution < -0.4 is 21.7 Å². The second kappa shape index (κ2) is 13.2. The molecule has 0 bridgehead atoms. The molecule has 0 aliphatic carbocycles. The Labute approximate surface area is 209 Å². The first-order chi connectivity index (χ1) is 17.3. The summed E-state index contributed by atoms with van der Waals surface area (Å²) >= 11 is 0. The summed E-state index contributed by atoms with van der Waals surface area (Å²) in [6.45, 7) is 2.39. The van der Waals surface area contributed by atoms with Crippen molar-refractivity contribution in [3.8, 4) is 5.75 Å². The molecule has 2 saturated heterocycles. The van der Waals surface area contributed by atoms with E-state index in [0.29, 0.717) is 32.5 Å². The summed E-state index contributed by atoms with van der Waals surface area (Å²) < 4.78 is 10.7. The largest absolute Gasteiger partial charge is 0.508 e. The molecule has 2 heterocycles. The number of para-hydroxylation sites is 1.